The van der Waals surface area contributed by atoms with E-state index < -0.39 is 0 Å². The first kappa shape index (κ1) is 14.1. The molecular weight excluding hydrogens is 219 g/mol. The Bertz CT molecular complexity index is 344. The fraction of sp³-hybridized carbons (Fsp3) is 0.538. The third kappa shape index (κ3) is 4.42. The fourth-order valence-corrected chi connectivity index (χ4v) is 1.83. The molecule has 0 aliphatic carbocycles. The highest BCUT2D eigenvalue weighted by Gasteiger charge is 2.16. The number of halogens is 1. The molecule has 17 heavy (non-hydrogen) atoms. The van der Waals surface area contributed by atoms with Gasteiger partial charge in [0.05, 0.1) is 6.10 Å². The average molecular weight is 240 g/mol. The normalized spacial score (nSPS) is 14.9. The molecule has 0 heterocycles. The second kappa shape index (κ2) is 6.69. The number of benzene rings is 1. The molecule has 4 heteroatoms. The second-order valence-corrected chi connectivity index (χ2v) is 4.42. The van der Waals surface area contributed by atoms with Gasteiger partial charge >= 0.3 is 0 Å². The van der Waals surface area contributed by atoms with E-state index in [-0.39, 0.29) is 18.0 Å². The first-order valence-electron chi connectivity index (χ1n) is 5.88. The predicted molar refractivity (Wildman–Crippen MR) is 67.1 cm³/mol. The molecule has 0 saturated heterocycles. The minimum Gasteiger partial charge on any atom is -0.393 e. The number of hydrogen-bond acceptors (Lipinski definition) is 3. The lowest BCUT2D eigenvalue weighted by Crippen LogP contribution is -2.32. The van der Waals surface area contributed by atoms with Crippen LogP contribution < -0.4 is 5.73 Å². The zero-order valence-corrected chi connectivity index (χ0v) is 10.4. The van der Waals surface area contributed by atoms with E-state index in [0.29, 0.717) is 13.0 Å². The zero-order valence-electron chi connectivity index (χ0n) is 10.4. The Labute approximate surface area is 102 Å². The van der Waals surface area contributed by atoms with Crippen LogP contribution in [-0.4, -0.2) is 36.2 Å². The summed E-state index contributed by atoms with van der Waals surface area (Å²) in [5, 5.41) is 9.25. The maximum atomic E-state index is 13.1. The Balaban J connectivity index is 2.70. The molecule has 0 aliphatic rings. The first-order valence-corrected chi connectivity index (χ1v) is 5.88. The summed E-state index contributed by atoms with van der Waals surface area (Å²) in [4.78, 5) is 2.04. The average Bonchev–Trinajstić information content (AvgIpc) is 2.27. The monoisotopic (exact) mass is 240 g/mol. The fourth-order valence-electron chi connectivity index (χ4n) is 1.83. The van der Waals surface area contributed by atoms with Crippen molar-refractivity contribution in [3.8, 4) is 0 Å². The Morgan fingerprint density at radius 1 is 1.47 bits per heavy atom. The molecule has 0 aliphatic heterocycles. The molecule has 0 bridgehead atoms. The second-order valence-electron chi connectivity index (χ2n) is 4.42. The van der Waals surface area contributed by atoms with E-state index >= 15 is 0 Å². The van der Waals surface area contributed by atoms with E-state index in [1.807, 2.05) is 18.0 Å². The third-order valence-electron chi connectivity index (χ3n) is 2.89. The summed E-state index contributed by atoms with van der Waals surface area (Å²) in [7, 11) is 1.94. The van der Waals surface area contributed by atoms with Crippen molar-refractivity contribution in [2.45, 2.75) is 25.5 Å². The Kier molecular flexibility index (Phi) is 5.55. The van der Waals surface area contributed by atoms with Crippen molar-refractivity contribution >= 4 is 0 Å². The van der Waals surface area contributed by atoms with Gasteiger partial charge in [-0.3, -0.25) is 4.90 Å². The topological polar surface area (TPSA) is 49.5 Å². The molecule has 3 nitrogen and oxygen atoms in total. The van der Waals surface area contributed by atoms with Crippen LogP contribution in [0.2, 0.25) is 0 Å². The van der Waals surface area contributed by atoms with Crippen LogP contribution in [0.1, 0.15) is 24.9 Å². The lowest BCUT2D eigenvalue weighted by atomic mass is 10.1. The van der Waals surface area contributed by atoms with E-state index in [1.54, 1.807) is 13.0 Å². The minimum atomic E-state index is -0.330. The molecule has 1 aromatic carbocycles. The lowest BCUT2D eigenvalue weighted by Gasteiger charge is -2.27. The number of hydrogen-bond donors (Lipinski definition) is 2. The molecule has 0 saturated carbocycles. The summed E-state index contributed by atoms with van der Waals surface area (Å²) >= 11 is 0. The van der Waals surface area contributed by atoms with E-state index in [9.17, 15) is 9.50 Å². The van der Waals surface area contributed by atoms with Gasteiger partial charge in [-0.2, -0.15) is 0 Å². The summed E-state index contributed by atoms with van der Waals surface area (Å²) in [6, 6.07) is 6.49. The van der Waals surface area contributed by atoms with Crippen molar-refractivity contribution in [3.63, 3.8) is 0 Å². The number of likely N-dealkylation sites (N-methyl/N-ethyl adjacent to an activating group) is 1. The molecule has 0 spiro atoms. The van der Waals surface area contributed by atoms with Crippen molar-refractivity contribution in [1.29, 1.82) is 0 Å². The van der Waals surface area contributed by atoms with Crippen LogP contribution in [0.25, 0.3) is 0 Å². The number of nitrogens with zero attached hydrogens (tertiary/aromatic N) is 1. The predicted octanol–water partition coefficient (Wildman–Crippen LogP) is 1.53. The van der Waals surface area contributed by atoms with Crippen LogP contribution in [0.4, 0.5) is 4.39 Å². The van der Waals surface area contributed by atoms with Crippen molar-refractivity contribution in [2.75, 3.05) is 20.1 Å². The largest absolute Gasteiger partial charge is 0.393 e. The van der Waals surface area contributed by atoms with E-state index in [4.69, 9.17) is 5.73 Å². The molecule has 1 rings (SSSR count). The van der Waals surface area contributed by atoms with Crippen LogP contribution in [0.5, 0.6) is 0 Å². The van der Waals surface area contributed by atoms with Gasteiger partial charge in [0.15, 0.2) is 0 Å². The molecule has 2 unspecified atom stereocenters. The van der Waals surface area contributed by atoms with Crippen LogP contribution in [0.15, 0.2) is 24.3 Å². The van der Waals surface area contributed by atoms with Crippen molar-refractivity contribution in [3.05, 3.63) is 35.6 Å². The number of aliphatic hydroxyl groups is 1. The molecule has 0 aromatic heterocycles. The minimum absolute atomic E-state index is 0.00977. The Morgan fingerprint density at radius 2 is 2.18 bits per heavy atom. The van der Waals surface area contributed by atoms with Gasteiger partial charge in [-0.25, -0.2) is 4.39 Å². The summed E-state index contributed by atoms with van der Waals surface area (Å²) in [6.07, 6.45) is 0.353. The number of nitrogens with two attached hydrogens (primary N) is 1. The van der Waals surface area contributed by atoms with Crippen molar-refractivity contribution in [1.82, 2.24) is 4.90 Å². The zero-order chi connectivity index (χ0) is 12.8. The highest BCUT2D eigenvalue weighted by Crippen LogP contribution is 2.19. The van der Waals surface area contributed by atoms with Crippen LogP contribution in [-0.2, 0) is 0 Å². The van der Waals surface area contributed by atoms with Crippen LogP contribution in [0.3, 0.4) is 0 Å². The maximum absolute atomic E-state index is 13.1. The summed E-state index contributed by atoms with van der Waals surface area (Å²) in [5.41, 5.74) is 6.61. The summed E-state index contributed by atoms with van der Waals surface area (Å²) in [6.45, 7) is 2.92. The van der Waals surface area contributed by atoms with Gasteiger partial charge in [0.2, 0.25) is 0 Å². The SMILES string of the molecule is CC(O)CCN(C)C(CN)c1cccc(F)c1. The van der Waals surface area contributed by atoms with Crippen LogP contribution in [0, 0.1) is 5.82 Å². The van der Waals surface area contributed by atoms with Gasteiger partial charge in [0.25, 0.3) is 0 Å². The molecule has 2 atom stereocenters. The van der Waals surface area contributed by atoms with Gasteiger partial charge in [0.1, 0.15) is 5.82 Å². The lowest BCUT2D eigenvalue weighted by molar-refractivity contribution is 0.150. The van der Waals surface area contributed by atoms with Gasteiger partial charge < -0.3 is 10.8 Å². The van der Waals surface area contributed by atoms with Gasteiger partial charge in [-0.15, -0.1) is 0 Å². The molecule has 0 fully saturated rings. The summed E-state index contributed by atoms with van der Waals surface area (Å²) < 4.78 is 13.1. The van der Waals surface area contributed by atoms with Crippen molar-refractivity contribution in [2.24, 2.45) is 5.73 Å². The quantitative estimate of drug-likeness (QED) is 0.792. The van der Waals surface area contributed by atoms with Crippen LogP contribution >= 0.6 is 0 Å². The molecular formula is C13H21FN2O. The molecule has 1 aromatic rings. The third-order valence-corrected chi connectivity index (χ3v) is 2.89. The molecule has 3 N–H and O–H groups in total. The molecule has 0 amide bonds. The standard InChI is InChI=1S/C13H21FN2O/c1-10(17)6-7-16(2)13(9-15)11-4-3-5-12(14)8-11/h3-5,8,10,13,17H,6-7,9,15H2,1-2H3. The van der Waals surface area contributed by atoms with E-state index in [1.165, 1.54) is 12.1 Å². The number of rotatable bonds is 6. The Hall–Kier alpha value is -0.970. The van der Waals surface area contributed by atoms with Crippen molar-refractivity contribution < 1.29 is 9.50 Å². The van der Waals surface area contributed by atoms with Gasteiger partial charge in [0, 0.05) is 19.1 Å². The van der Waals surface area contributed by atoms with Gasteiger partial charge in [-0.1, -0.05) is 12.1 Å². The summed E-state index contributed by atoms with van der Waals surface area (Å²) in [5.74, 6) is -0.245. The van der Waals surface area contributed by atoms with E-state index in [0.717, 1.165) is 12.1 Å². The number of aliphatic hydroxyl groups excluding tert-OH is 1. The van der Waals surface area contributed by atoms with Gasteiger partial charge in [-0.05, 0) is 38.1 Å². The maximum Gasteiger partial charge on any atom is 0.123 e. The Morgan fingerprint density at radius 3 is 2.71 bits per heavy atom. The van der Waals surface area contributed by atoms with E-state index in [2.05, 4.69) is 0 Å². The molecule has 96 valence electrons. The smallest absolute Gasteiger partial charge is 0.123 e. The first-order chi connectivity index (χ1) is 8.04. The molecule has 0 radical (unpaired) electrons. The highest BCUT2D eigenvalue weighted by molar-refractivity contribution is 5.20. The highest BCUT2D eigenvalue weighted by atomic mass is 19.1.